The van der Waals surface area contributed by atoms with Crippen LogP contribution in [0.15, 0.2) is 28.8 Å². The highest BCUT2D eigenvalue weighted by Gasteiger charge is 2.38. The van der Waals surface area contributed by atoms with Crippen LogP contribution in [0.3, 0.4) is 0 Å². The first-order chi connectivity index (χ1) is 11.1. The molecule has 1 aliphatic heterocycles. The average Bonchev–Trinajstić information content (AvgIpc) is 3.03. The molecular weight excluding hydrogens is 320 g/mol. The minimum Gasteiger partial charge on any atom is -0.381 e. The highest BCUT2D eigenvalue weighted by Crippen LogP contribution is 2.30. The summed E-state index contributed by atoms with van der Waals surface area (Å²) in [6.07, 6.45) is 1.15. The van der Waals surface area contributed by atoms with Gasteiger partial charge in [-0.3, -0.25) is 4.79 Å². The van der Waals surface area contributed by atoms with Gasteiger partial charge in [0.2, 0.25) is 11.7 Å². The third-order valence-electron chi connectivity index (χ3n) is 4.06. The zero-order chi connectivity index (χ0) is 16.3. The second-order valence-corrected chi connectivity index (χ2v) is 5.98. The van der Waals surface area contributed by atoms with Gasteiger partial charge in [0.25, 0.3) is 0 Å². The fourth-order valence-corrected chi connectivity index (χ4v) is 2.75. The second-order valence-electron chi connectivity index (χ2n) is 5.54. The van der Waals surface area contributed by atoms with Crippen molar-refractivity contribution in [2.24, 2.45) is 11.1 Å². The molecule has 23 heavy (non-hydrogen) atoms. The van der Waals surface area contributed by atoms with Crippen LogP contribution in [0.4, 0.5) is 6.01 Å². The van der Waals surface area contributed by atoms with E-state index in [1.807, 2.05) is 12.1 Å². The molecule has 7 nitrogen and oxygen atoms in total. The second kappa shape index (κ2) is 6.55. The quantitative estimate of drug-likeness (QED) is 0.866. The Bertz CT molecular complexity index is 698. The van der Waals surface area contributed by atoms with Gasteiger partial charge in [-0.25, -0.2) is 0 Å². The van der Waals surface area contributed by atoms with E-state index < -0.39 is 5.41 Å². The Balaban J connectivity index is 1.70. The predicted molar refractivity (Wildman–Crippen MR) is 84.9 cm³/mol. The normalized spacial score (nSPS) is 16.9. The van der Waals surface area contributed by atoms with Crippen LogP contribution in [-0.2, 0) is 9.53 Å². The van der Waals surface area contributed by atoms with Crippen molar-refractivity contribution in [1.29, 1.82) is 0 Å². The lowest BCUT2D eigenvalue weighted by atomic mass is 9.79. The summed E-state index contributed by atoms with van der Waals surface area (Å²) in [6.45, 7) is 1.37. The molecule has 3 rings (SSSR count). The molecule has 3 N–H and O–H groups in total. The summed E-state index contributed by atoms with van der Waals surface area (Å²) in [5.74, 6) is 0.0815. The smallest absolute Gasteiger partial charge is 0.321 e. The minimum atomic E-state index is -0.650. The number of hydrogen-bond acceptors (Lipinski definition) is 6. The molecule has 8 heteroatoms. The van der Waals surface area contributed by atoms with Crippen molar-refractivity contribution < 1.29 is 14.1 Å². The van der Waals surface area contributed by atoms with E-state index in [2.05, 4.69) is 15.5 Å². The van der Waals surface area contributed by atoms with Crippen molar-refractivity contribution in [3.8, 4) is 11.4 Å². The fraction of sp³-hybridized carbons (Fsp3) is 0.400. The number of aromatic nitrogens is 2. The van der Waals surface area contributed by atoms with Gasteiger partial charge >= 0.3 is 6.01 Å². The lowest BCUT2D eigenvalue weighted by Crippen LogP contribution is -2.46. The molecule has 1 fully saturated rings. The van der Waals surface area contributed by atoms with Crippen LogP contribution in [0, 0.1) is 5.41 Å². The Morgan fingerprint density at radius 1 is 1.39 bits per heavy atom. The van der Waals surface area contributed by atoms with Gasteiger partial charge in [-0.1, -0.05) is 28.9 Å². The number of primary amides is 1. The Morgan fingerprint density at radius 3 is 2.87 bits per heavy atom. The molecule has 2 heterocycles. The monoisotopic (exact) mass is 336 g/mol. The zero-order valence-corrected chi connectivity index (χ0v) is 13.2. The number of nitrogens with one attached hydrogen (secondary N) is 1. The van der Waals surface area contributed by atoms with Gasteiger partial charge in [-0.15, -0.1) is 0 Å². The highest BCUT2D eigenvalue weighted by molar-refractivity contribution is 6.30. The summed E-state index contributed by atoms with van der Waals surface area (Å²) in [7, 11) is 0. The van der Waals surface area contributed by atoms with Crippen LogP contribution in [0.25, 0.3) is 11.4 Å². The zero-order valence-electron chi connectivity index (χ0n) is 12.4. The lowest BCUT2D eigenvalue weighted by molar-refractivity contribution is -0.132. The van der Waals surface area contributed by atoms with Gasteiger partial charge in [0.1, 0.15) is 0 Å². The number of rotatable bonds is 5. The van der Waals surface area contributed by atoms with E-state index in [0.717, 1.165) is 5.56 Å². The maximum atomic E-state index is 11.8. The molecule has 0 spiro atoms. The Morgan fingerprint density at radius 2 is 2.17 bits per heavy atom. The molecule has 1 aromatic carbocycles. The summed E-state index contributed by atoms with van der Waals surface area (Å²) in [4.78, 5) is 16.1. The van der Waals surface area contributed by atoms with Crippen molar-refractivity contribution >= 4 is 23.5 Å². The number of carbonyl (C=O) groups is 1. The fourth-order valence-electron chi connectivity index (χ4n) is 2.56. The molecule has 122 valence electrons. The predicted octanol–water partition coefficient (Wildman–Crippen LogP) is 2.08. The standard InChI is InChI=1S/C15H17ClN4O3/c16-11-3-1-2-10(8-11)12-19-14(23-20-12)18-9-15(13(17)21)4-6-22-7-5-15/h1-3,8H,4-7,9H2,(H2,17,21)(H,18,19,20). The topological polar surface area (TPSA) is 103 Å². The van der Waals surface area contributed by atoms with Crippen LogP contribution >= 0.6 is 11.6 Å². The number of hydrogen-bond donors (Lipinski definition) is 2. The maximum Gasteiger partial charge on any atom is 0.321 e. The number of amides is 1. The van der Waals surface area contributed by atoms with Gasteiger partial charge in [-0.05, 0) is 25.0 Å². The first kappa shape index (κ1) is 15.8. The van der Waals surface area contributed by atoms with Gasteiger partial charge < -0.3 is 20.3 Å². The third kappa shape index (κ3) is 3.46. The number of anilines is 1. The summed E-state index contributed by atoms with van der Waals surface area (Å²) in [5.41, 5.74) is 5.67. The van der Waals surface area contributed by atoms with Gasteiger partial charge in [0.05, 0.1) is 5.41 Å². The minimum absolute atomic E-state index is 0.243. The lowest BCUT2D eigenvalue weighted by Gasteiger charge is -2.33. The van der Waals surface area contributed by atoms with E-state index in [1.54, 1.807) is 12.1 Å². The van der Waals surface area contributed by atoms with E-state index >= 15 is 0 Å². The van der Waals surface area contributed by atoms with Crippen LogP contribution in [0.2, 0.25) is 5.02 Å². The van der Waals surface area contributed by atoms with Crippen LogP contribution in [-0.4, -0.2) is 35.8 Å². The molecule has 0 saturated carbocycles. The van der Waals surface area contributed by atoms with Crippen molar-refractivity contribution in [3.63, 3.8) is 0 Å². The summed E-state index contributed by atoms with van der Waals surface area (Å²) >= 11 is 5.95. The van der Waals surface area contributed by atoms with Crippen LogP contribution in [0.1, 0.15) is 12.8 Å². The number of ether oxygens (including phenoxy) is 1. The first-order valence-corrected chi connectivity index (χ1v) is 7.68. The van der Waals surface area contributed by atoms with E-state index in [9.17, 15) is 4.79 Å². The molecule has 1 aliphatic rings. The van der Waals surface area contributed by atoms with Crippen LogP contribution in [0.5, 0.6) is 0 Å². The number of carbonyl (C=O) groups excluding carboxylic acids is 1. The van der Waals surface area contributed by atoms with E-state index in [-0.39, 0.29) is 11.9 Å². The Labute approximate surface area is 138 Å². The number of halogens is 1. The molecule has 0 bridgehead atoms. The third-order valence-corrected chi connectivity index (χ3v) is 4.29. The van der Waals surface area contributed by atoms with Crippen LogP contribution < -0.4 is 11.1 Å². The highest BCUT2D eigenvalue weighted by atomic mass is 35.5. The van der Waals surface area contributed by atoms with Crippen molar-refractivity contribution in [2.45, 2.75) is 12.8 Å². The summed E-state index contributed by atoms with van der Waals surface area (Å²) < 4.78 is 10.5. The van der Waals surface area contributed by atoms with E-state index in [4.69, 9.17) is 26.6 Å². The molecule has 0 unspecified atom stereocenters. The van der Waals surface area contributed by atoms with E-state index in [1.165, 1.54) is 0 Å². The first-order valence-electron chi connectivity index (χ1n) is 7.30. The van der Waals surface area contributed by atoms with Crippen molar-refractivity contribution in [2.75, 3.05) is 25.1 Å². The van der Waals surface area contributed by atoms with Gasteiger partial charge in [-0.2, -0.15) is 4.98 Å². The average molecular weight is 337 g/mol. The number of nitrogens with zero attached hydrogens (tertiary/aromatic N) is 2. The Hall–Kier alpha value is -2.12. The summed E-state index contributed by atoms with van der Waals surface area (Å²) in [5, 5.41) is 7.52. The largest absolute Gasteiger partial charge is 0.381 e. The Kier molecular flexibility index (Phi) is 4.49. The summed E-state index contributed by atoms with van der Waals surface area (Å²) in [6, 6.07) is 7.41. The molecule has 1 saturated heterocycles. The molecule has 0 atom stereocenters. The molecule has 0 aliphatic carbocycles. The maximum absolute atomic E-state index is 11.8. The molecule has 1 amide bonds. The SMILES string of the molecule is NC(=O)C1(CNc2nc(-c3cccc(Cl)c3)no2)CCOCC1. The number of benzene rings is 1. The van der Waals surface area contributed by atoms with Gasteiger partial charge in [0.15, 0.2) is 0 Å². The molecule has 2 aromatic rings. The molecule has 0 radical (unpaired) electrons. The molecule has 1 aromatic heterocycles. The van der Waals surface area contributed by atoms with Crippen molar-refractivity contribution in [1.82, 2.24) is 10.1 Å². The number of nitrogens with two attached hydrogens (primary N) is 1. The van der Waals surface area contributed by atoms with E-state index in [0.29, 0.717) is 43.4 Å². The molecular formula is C15H17ClN4O3. The van der Waals surface area contributed by atoms with Gasteiger partial charge in [0, 0.05) is 30.3 Å². The van der Waals surface area contributed by atoms with Crippen molar-refractivity contribution in [3.05, 3.63) is 29.3 Å².